The smallest absolute Gasteiger partial charge is 0.246 e. The molecular weight excluding hydrogens is 447 g/mol. The van der Waals surface area contributed by atoms with Gasteiger partial charge in [-0.25, -0.2) is 12.8 Å². The number of morpholine rings is 1. The van der Waals surface area contributed by atoms with Crippen molar-refractivity contribution in [3.8, 4) is 5.75 Å². The average Bonchev–Trinajstić information content (AvgIpc) is 2.76. The van der Waals surface area contributed by atoms with Gasteiger partial charge in [0.15, 0.2) is 0 Å². The minimum atomic E-state index is -3.81. The lowest BCUT2D eigenvalue weighted by Gasteiger charge is -2.27. The highest BCUT2D eigenvalue weighted by Gasteiger charge is 2.29. The third-order valence-corrected chi connectivity index (χ3v) is 7.33. The van der Waals surface area contributed by atoms with E-state index in [0.717, 1.165) is 0 Å². The van der Waals surface area contributed by atoms with Crippen LogP contribution in [0.3, 0.4) is 0 Å². The van der Waals surface area contributed by atoms with E-state index in [1.807, 2.05) is 0 Å². The highest BCUT2D eigenvalue weighted by molar-refractivity contribution is 7.89. The molecule has 2 aromatic rings. The summed E-state index contributed by atoms with van der Waals surface area (Å²) in [6.45, 7) is 1.15. The summed E-state index contributed by atoms with van der Waals surface area (Å²) in [5, 5.41) is 0.239. The van der Waals surface area contributed by atoms with Crippen LogP contribution in [0.1, 0.15) is 11.1 Å². The van der Waals surface area contributed by atoms with Crippen LogP contribution in [0.5, 0.6) is 5.75 Å². The molecule has 0 N–H and O–H groups in total. The Bertz CT molecular complexity index is 1040. The molecule has 1 aliphatic rings. The number of hydrogen-bond acceptors (Lipinski definition) is 5. The Labute approximate surface area is 186 Å². The molecule has 0 bridgehead atoms. The first kappa shape index (κ1) is 23.5. The Kier molecular flexibility index (Phi) is 7.53. The van der Waals surface area contributed by atoms with Gasteiger partial charge in [0.25, 0.3) is 0 Å². The maximum Gasteiger partial charge on any atom is 0.246 e. The van der Waals surface area contributed by atoms with Crippen LogP contribution in [0.15, 0.2) is 41.3 Å². The number of nitrogens with zero attached hydrogens (tertiary/aromatic N) is 2. The number of amides is 1. The zero-order chi connectivity index (χ0) is 22.6. The van der Waals surface area contributed by atoms with Crippen LogP contribution in [0.25, 0.3) is 0 Å². The van der Waals surface area contributed by atoms with Crippen LogP contribution in [0.2, 0.25) is 5.02 Å². The highest BCUT2D eigenvalue weighted by Crippen LogP contribution is 2.29. The molecule has 0 aliphatic carbocycles. The fourth-order valence-electron chi connectivity index (χ4n) is 3.28. The molecule has 0 unspecified atom stereocenters. The molecule has 0 spiro atoms. The van der Waals surface area contributed by atoms with E-state index in [4.69, 9.17) is 21.1 Å². The van der Waals surface area contributed by atoms with Crippen LogP contribution in [-0.2, 0) is 32.5 Å². The molecule has 2 aromatic carbocycles. The second-order valence-electron chi connectivity index (χ2n) is 7.13. The predicted octanol–water partition coefficient (Wildman–Crippen LogP) is 2.71. The summed E-state index contributed by atoms with van der Waals surface area (Å²) >= 11 is 6.04. The lowest BCUT2D eigenvalue weighted by molar-refractivity contribution is -0.129. The van der Waals surface area contributed by atoms with Crippen molar-refractivity contribution in [2.75, 3.05) is 40.5 Å². The van der Waals surface area contributed by atoms with E-state index in [9.17, 15) is 17.6 Å². The maximum atomic E-state index is 14.0. The number of carbonyl (C=O) groups excluding carboxylic acids is 1. The number of ether oxygens (including phenoxy) is 2. The normalized spacial score (nSPS) is 15.0. The van der Waals surface area contributed by atoms with E-state index in [1.54, 1.807) is 19.2 Å². The Morgan fingerprint density at radius 1 is 1.26 bits per heavy atom. The van der Waals surface area contributed by atoms with Gasteiger partial charge in [0.1, 0.15) is 16.5 Å². The van der Waals surface area contributed by atoms with Crippen molar-refractivity contribution >= 4 is 27.5 Å². The average molecular weight is 471 g/mol. The van der Waals surface area contributed by atoms with Gasteiger partial charge in [-0.1, -0.05) is 23.7 Å². The third kappa shape index (κ3) is 5.35. The largest absolute Gasteiger partial charge is 0.495 e. The summed E-state index contributed by atoms with van der Waals surface area (Å²) in [5.41, 5.74) is 0.731. The zero-order valence-corrected chi connectivity index (χ0v) is 18.9. The Morgan fingerprint density at radius 3 is 2.61 bits per heavy atom. The van der Waals surface area contributed by atoms with Crippen molar-refractivity contribution in [3.05, 3.63) is 58.4 Å². The van der Waals surface area contributed by atoms with Crippen LogP contribution < -0.4 is 4.74 Å². The number of methoxy groups -OCH3 is 1. The number of benzene rings is 2. The van der Waals surface area contributed by atoms with Crippen molar-refractivity contribution in [1.29, 1.82) is 0 Å². The lowest BCUT2D eigenvalue weighted by Crippen LogP contribution is -2.40. The van der Waals surface area contributed by atoms with E-state index in [0.29, 0.717) is 18.8 Å². The van der Waals surface area contributed by atoms with Gasteiger partial charge >= 0.3 is 0 Å². The van der Waals surface area contributed by atoms with Crippen molar-refractivity contribution in [2.45, 2.75) is 17.9 Å². The number of rotatable bonds is 7. The summed E-state index contributed by atoms with van der Waals surface area (Å²) in [4.78, 5) is 14.1. The number of sulfonamides is 1. The van der Waals surface area contributed by atoms with E-state index >= 15 is 0 Å². The van der Waals surface area contributed by atoms with Crippen LogP contribution in [0, 0.1) is 5.82 Å². The first-order chi connectivity index (χ1) is 14.7. The van der Waals surface area contributed by atoms with Gasteiger partial charge in [-0.2, -0.15) is 4.31 Å². The van der Waals surface area contributed by atoms with Gasteiger partial charge in [-0.15, -0.1) is 0 Å². The van der Waals surface area contributed by atoms with Gasteiger partial charge in [-0.05, 0) is 29.8 Å². The Balaban J connectivity index is 1.80. The van der Waals surface area contributed by atoms with Crippen LogP contribution >= 0.6 is 11.6 Å². The molecule has 7 nitrogen and oxygen atoms in total. The molecule has 0 saturated carbocycles. The molecular formula is C21H24ClFN2O5S. The second-order valence-corrected chi connectivity index (χ2v) is 9.44. The Hall–Kier alpha value is -2.20. The van der Waals surface area contributed by atoms with Crippen molar-refractivity contribution < 1.29 is 27.1 Å². The zero-order valence-electron chi connectivity index (χ0n) is 17.3. The fraction of sp³-hybridized carbons (Fsp3) is 0.381. The second kappa shape index (κ2) is 9.95. The van der Waals surface area contributed by atoms with Gasteiger partial charge in [0.05, 0.1) is 26.7 Å². The van der Waals surface area contributed by atoms with E-state index in [2.05, 4.69) is 0 Å². The molecule has 1 saturated heterocycles. The summed E-state index contributed by atoms with van der Waals surface area (Å²) in [6.07, 6.45) is -0.0573. The lowest BCUT2D eigenvalue weighted by atomic mass is 10.1. The third-order valence-electron chi connectivity index (χ3n) is 5.05. The highest BCUT2D eigenvalue weighted by atomic mass is 35.5. The quantitative estimate of drug-likeness (QED) is 0.622. The maximum absolute atomic E-state index is 14.0. The first-order valence-electron chi connectivity index (χ1n) is 9.65. The minimum absolute atomic E-state index is 0.000567. The SMILES string of the molecule is COc1ccc(CC(=O)N(C)Cc2c(F)cccc2Cl)cc1S(=O)(=O)N1CCOCC1. The van der Waals surface area contributed by atoms with Gasteiger partial charge in [0.2, 0.25) is 15.9 Å². The molecule has 0 atom stereocenters. The minimum Gasteiger partial charge on any atom is -0.495 e. The molecule has 1 heterocycles. The van der Waals surface area contributed by atoms with E-state index < -0.39 is 15.8 Å². The van der Waals surface area contributed by atoms with Gasteiger partial charge in [-0.3, -0.25) is 4.79 Å². The van der Waals surface area contributed by atoms with Crippen molar-refractivity contribution in [3.63, 3.8) is 0 Å². The summed E-state index contributed by atoms with van der Waals surface area (Å²) in [6, 6.07) is 8.96. The summed E-state index contributed by atoms with van der Waals surface area (Å²) in [5.74, 6) is -0.594. The molecule has 168 valence electrons. The van der Waals surface area contributed by atoms with Gasteiger partial charge in [0, 0.05) is 37.3 Å². The molecule has 31 heavy (non-hydrogen) atoms. The number of halogens is 2. The van der Waals surface area contributed by atoms with E-state index in [-0.39, 0.29) is 53.2 Å². The molecule has 1 aliphatic heterocycles. The molecule has 1 fully saturated rings. The fourth-order valence-corrected chi connectivity index (χ4v) is 5.11. The summed E-state index contributed by atoms with van der Waals surface area (Å²) < 4.78 is 52.0. The van der Waals surface area contributed by atoms with Crippen LogP contribution in [-0.4, -0.2) is 64.0 Å². The standard InChI is InChI=1S/C21H24ClFN2O5S/c1-24(14-16-17(22)4-3-5-18(16)23)21(26)13-15-6-7-19(29-2)20(12-15)31(27,28)25-8-10-30-11-9-25/h3-7,12H,8-11,13-14H2,1-2H3. The van der Waals surface area contributed by atoms with Crippen LogP contribution in [0.4, 0.5) is 4.39 Å². The molecule has 10 heteroatoms. The number of likely N-dealkylation sites (N-methyl/N-ethyl adjacent to an activating group) is 1. The predicted molar refractivity (Wildman–Crippen MR) is 114 cm³/mol. The Morgan fingerprint density at radius 2 is 1.97 bits per heavy atom. The van der Waals surface area contributed by atoms with Gasteiger partial charge < -0.3 is 14.4 Å². The molecule has 3 rings (SSSR count). The number of carbonyl (C=O) groups is 1. The molecule has 0 aromatic heterocycles. The van der Waals surface area contributed by atoms with E-state index in [1.165, 1.54) is 40.6 Å². The molecule has 1 amide bonds. The molecule has 0 radical (unpaired) electrons. The first-order valence-corrected chi connectivity index (χ1v) is 11.5. The monoisotopic (exact) mass is 470 g/mol. The van der Waals surface area contributed by atoms with Crippen molar-refractivity contribution in [1.82, 2.24) is 9.21 Å². The topological polar surface area (TPSA) is 76.2 Å². The van der Waals surface area contributed by atoms with Crippen molar-refractivity contribution in [2.24, 2.45) is 0 Å². The number of hydrogen-bond donors (Lipinski definition) is 0. The summed E-state index contributed by atoms with van der Waals surface area (Å²) in [7, 11) is -0.872.